The molecule has 21 heavy (non-hydrogen) atoms. The van der Waals surface area contributed by atoms with Crippen molar-refractivity contribution in [2.24, 2.45) is 11.7 Å². The van der Waals surface area contributed by atoms with Crippen LogP contribution in [0.4, 0.5) is 0 Å². The SMILES string of the molecule is NCC1CCCC1NC(=O)c1cn(Cc2cccs2)nn1. The van der Waals surface area contributed by atoms with Gasteiger partial charge in [0, 0.05) is 10.9 Å². The summed E-state index contributed by atoms with van der Waals surface area (Å²) in [5, 5.41) is 13.0. The second-order valence-electron chi connectivity index (χ2n) is 5.39. The van der Waals surface area contributed by atoms with E-state index >= 15 is 0 Å². The van der Waals surface area contributed by atoms with Crippen molar-refractivity contribution in [2.45, 2.75) is 31.8 Å². The van der Waals surface area contributed by atoms with Crippen LogP contribution in [-0.2, 0) is 6.54 Å². The number of amides is 1. The third-order valence-electron chi connectivity index (χ3n) is 3.95. The molecular formula is C14H19N5OS. The van der Waals surface area contributed by atoms with Gasteiger partial charge in [-0.2, -0.15) is 0 Å². The van der Waals surface area contributed by atoms with Crippen LogP contribution < -0.4 is 11.1 Å². The van der Waals surface area contributed by atoms with Crippen molar-refractivity contribution in [3.05, 3.63) is 34.3 Å². The van der Waals surface area contributed by atoms with Gasteiger partial charge in [-0.15, -0.1) is 16.4 Å². The topological polar surface area (TPSA) is 85.8 Å². The highest BCUT2D eigenvalue weighted by molar-refractivity contribution is 7.09. The van der Waals surface area contributed by atoms with Gasteiger partial charge in [0.1, 0.15) is 0 Å². The van der Waals surface area contributed by atoms with E-state index in [1.807, 2.05) is 17.5 Å². The van der Waals surface area contributed by atoms with E-state index in [1.165, 1.54) is 4.88 Å². The Morgan fingerprint density at radius 2 is 2.43 bits per heavy atom. The van der Waals surface area contributed by atoms with Crippen LogP contribution in [0.1, 0.15) is 34.6 Å². The van der Waals surface area contributed by atoms with Crippen molar-refractivity contribution < 1.29 is 4.79 Å². The Morgan fingerprint density at radius 3 is 3.19 bits per heavy atom. The van der Waals surface area contributed by atoms with Crippen LogP contribution in [0.25, 0.3) is 0 Å². The number of rotatable bonds is 5. The number of nitrogens with one attached hydrogen (secondary N) is 1. The van der Waals surface area contributed by atoms with Gasteiger partial charge in [-0.3, -0.25) is 4.79 Å². The molecule has 1 amide bonds. The summed E-state index contributed by atoms with van der Waals surface area (Å²) in [6.07, 6.45) is 4.91. The molecule has 2 atom stereocenters. The van der Waals surface area contributed by atoms with Crippen molar-refractivity contribution in [1.29, 1.82) is 0 Å². The van der Waals surface area contributed by atoms with E-state index in [1.54, 1.807) is 22.2 Å². The molecule has 0 saturated heterocycles. The summed E-state index contributed by atoms with van der Waals surface area (Å²) in [6.45, 7) is 1.27. The van der Waals surface area contributed by atoms with E-state index in [9.17, 15) is 4.79 Å². The predicted molar refractivity (Wildman–Crippen MR) is 81.1 cm³/mol. The Bertz CT molecular complexity index is 594. The number of nitrogens with two attached hydrogens (primary N) is 1. The fraction of sp³-hybridized carbons (Fsp3) is 0.500. The van der Waals surface area contributed by atoms with Gasteiger partial charge in [0.25, 0.3) is 5.91 Å². The number of carbonyl (C=O) groups excluding carboxylic acids is 1. The van der Waals surface area contributed by atoms with Gasteiger partial charge in [0.05, 0.1) is 12.7 Å². The third-order valence-corrected chi connectivity index (χ3v) is 4.81. The minimum atomic E-state index is -0.155. The lowest BCUT2D eigenvalue weighted by Crippen LogP contribution is -2.40. The van der Waals surface area contributed by atoms with Crippen LogP contribution in [0.3, 0.4) is 0 Å². The average molecular weight is 305 g/mol. The zero-order valence-electron chi connectivity index (χ0n) is 11.7. The van der Waals surface area contributed by atoms with Crippen LogP contribution in [0.2, 0.25) is 0 Å². The minimum Gasteiger partial charge on any atom is -0.348 e. The largest absolute Gasteiger partial charge is 0.348 e. The standard InChI is InChI=1S/C14H19N5OS/c15-7-10-3-1-5-12(10)16-14(20)13-9-19(18-17-13)8-11-4-2-6-21-11/h2,4,6,9-10,12H,1,3,5,7-8,15H2,(H,16,20). The molecule has 0 spiro atoms. The van der Waals surface area contributed by atoms with Crippen molar-refractivity contribution in [3.8, 4) is 0 Å². The van der Waals surface area contributed by atoms with E-state index in [0.717, 1.165) is 19.3 Å². The fourth-order valence-corrected chi connectivity index (χ4v) is 3.49. The third kappa shape index (κ3) is 3.30. The van der Waals surface area contributed by atoms with Crippen LogP contribution in [0.5, 0.6) is 0 Å². The number of aromatic nitrogens is 3. The van der Waals surface area contributed by atoms with Gasteiger partial charge in [-0.25, -0.2) is 4.68 Å². The molecule has 3 N–H and O–H groups in total. The lowest BCUT2D eigenvalue weighted by molar-refractivity contribution is 0.0923. The second kappa shape index (κ2) is 6.36. The van der Waals surface area contributed by atoms with E-state index in [0.29, 0.717) is 24.7 Å². The highest BCUT2D eigenvalue weighted by atomic mass is 32.1. The van der Waals surface area contributed by atoms with Gasteiger partial charge in [-0.1, -0.05) is 17.7 Å². The molecule has 0 aromatic carbocycles. The van der Waals surface area contributed by atoms with Gasteiger partial charge in [-0.05, 0) is 36.8 Å². The molecule has 2 heterocycles. The summed E-state index contributed by atoms with van der Waals surface area (Å²) in [5.41, 5.74) is 6.11. The molecule has 0 aliphatic heterocycles. The van der Waals surface area contributed by atoms with Gasteiger partial charge in [0.15, 0.2) is 5.69 Å². The number of nitrogens with zero attached hydrogens (tertiary/aromatic N) is 3. The molecule has 2 aromatic heterocycles. The lowest BCUT2D eigenvalue weighted by Gasteiger charge is -2.18. The molecule has 1 saturated carbocycles. The molecule has 1 aliphatic rings. The summed E-state index contributed by atoms with van der Waals surface area (Å²) in [4.78, 5) is 13.4. The molecule has 1 fully saturated rings. The summed E-state index contributed by atoms with van der Waals surface area (Å²) >= 11 is 1.66. The molecule has 3 rings (SSSR count). The maximum Gasteiger partial charge on any atom is 0.273 e. The molecule has 0 radical (unpaired) electrons. The maximum absolute atomic E-state index is 12.2. The summed E-state index contributed by atoms with van der Waals surface area (Å²) < 4.78 is 1.69. The van der Waals surface area contributed by atoms with Gasteiger partial charge >= 0.3 is 0 Å². The van der Waals surface area contributed by atoms with E-state index in [2.05, 4.69) is 15.6 Å². The quantitative estimate of drug-likeness (QED) is 0.870. The normalized spacial score (nSPS) is 21.6. The molecule has 0 bridgehead atoms. The highest BCUT2D eigenvalue weighted by Gasteiger charge is 2.28. The Labute approximate surface area is 127 Å². The molecular weight excluding hydrogens is 286 g/mol. The first-order valence-corrected chi connectivity index (χ1v) is 8.07. The monoisotopic (exact) mass is 305 g/mol. The van der Waals surface area contributed by atoms with Crippen molar-refractivity contribution in [2.75, 3.05) is 6.54 Å². The number of hydrogen-bond donors (Lipinski definition) is 2. The molecule has 2 unspecified atom stereocenters. The Kier molecular flexibility index (Phi) is 4.31. The smallest absolute Gasteiger partial charge is 0.273 e. The summed E-state index contributed by atoms with van der Waals surface area (Å²) in [6, 6.07) is 4.21. The highest BCUT2D eigenvalue weighted by Crippen LogP contribution is 2.24. The molecule has 6 nitrogen and oxygen atoms in total. The predicted octanol–water partition coefficient (Wildman–Crippen LogP) is 1.25. The lowest BCUT2D eigenvalue weighted by atomic mass is 10.0. The Hall–Kier alpha value is -1.73. The van der Waals surface area contributed by atoms with E-state index in [-0.39, 0.29) is 11.9 Å². The second-order valence-corrected chi connectivity index (χ2v) is 6.42. The van der Waals surface area contributed by atoms with Crippen molar-refractivity contribution in [1.82, 2.24) is 20.3 Å². The van der Waals surface area contributed by atoms with Crippen molar-refractivity contribution in [3.63, 3.8) is 0 Å². The number of hydrogen-bond acceptors (Lipinski definition) is 5. The van der Waals surface area contributed by atoms with Crippen LogP contribution in [0.15, 0.2) is 23.7 Å². The fourth-order valence-electron chi connectivity index (χ4n) is 2.79. The Morgan fingerprint density at radius 1 is 1.52 bits per heavy atom. The van der Waals surface area contributed by atoms with Gasteiger partial charge < -0.3 is 11.1 Å². The Balaban J connectivity index is 1.61. The van der Waals surface area contributed by atoms with Crippen LogP contribution in [0, 0.1) is 5.92 Å². The summed E-state index contributed by atoms with van der Waals surface area (Å²) in [5.74, 6) is 0.230. The first-order chi connectivity index (χ1) is 10.3. The first kappa shape index (κ1) is 14.2. The average Bonchev–Trinajstić information content (AvgIpc) is 3.20. The van der Waals surface area contributed by atoms with Crippen LogP contribution >= 0.6 is 11.3 Å². The summed E-state index contributed by atoms with van der Waals surface area (Å²) in [7, 11) is 0. The molecule has 2 aromatic rings. The molecule has 1 aliphatic carbocycles. The molecule has 112 valence electrons. The zero-order valence-corrected chi connectivity index (χ0v) is 12.6. The maximum atomic E-state index is 12.2. The number of carbonyl (C=O) groups is 1. The van der Waals surface area contributed by atoms with E-state index in [4.69, 9.17) is 5.73 Å². The van der Waals surface area contributed by atoms with Crippen LogP contribution in [-0.4, -0.2) is 33.5 Å². The number of thiophene rings is 1. The van der Waals surface area contributed by atoms with E-state index < -0.39 is 0 Å². The van der Waals surface area contributed by atoms with Crippen molar-refractivity contribution >= 4 is 17.2 Å². The first-order valence-electron chi connectivity index (χ1n) is 7.19. The molecule has 7 heteroatoms. The van der Waals surface area contributed by atoms with Gasteiger partial charge in [0.2, 0.25) is 0 Å². The minimum absolute atomic E-state index is 0.155. The zero-order chi connectivity index (χ0) is 14.7.